The third-order valence-corrected chi connectivity index (χ3v) is 6.28. The lowest BCUT2D eigenvalue weighted by molar-refractivity contribution is -0.00693. The fourth-order valence-corrected chi connectivity index (χ4v) is 5.48. The van der Waals surface area contributed by atoms with Crippen LogP contribution in [0.3, 0.4) is 0 Å². The highest BCUT2D eigenvalue weighted by atomic mass is 32.2. The number of ether oxygens (including phenoxy) is 1. The van der Waals surface area contributed by atoms with Crippen LogP contribution in [0.15, 0.2) is 30.3 Å². The van der Waals surface area contributed by atoms with Crippen LogP contribution in [0.2, 0.25) is 0 Å². The van der Waals surface area contributed by atoms with E-state index in [-0.39, 0.29) is 30.5 Å². The molecule has 1 aromatic carbocycles. The number of sulfone groups is 1. The van der Waals surface area contributed by atoms with Crippen molar-refractivity contribution in [3.8, 4) is 0 Å². The zero-order chi connectivity index (χ0) is 19.1. The summed E-state index contributed by atoms with van der Waals surface area (Å²) >= 11 is 0. The fraction of sp³-hybridized carbons (Fsp3) is 0.556. The van der Waals surface area contributed by atoms with Gasteiger partial charge in [0.05, 0.1) is 23.6 Å². The van der Waals surface area contributed by atoms with Gasteiger partial charge in [-0.05, 0) is 32.9 Å². The van der Waals surface area contributed by atoms with Gasteiger partial charge in [-0.3, -0.25) is 4.79 Å². The van der Waals surface area contributed by atoms with Crippen LogP contribution in [0.4, 0.5) is 4.79 Å². The zero-order valence-electron chi connectivity index (χ0n) is 15.2. The molecule has 2 amide bonds. The highest BCUT2D eigenvalue weighted by Crippen LogP contribution is 2.29. The molecule has 142 valence electrons. The van der Waals surface area contributed by atoms with Crippen LogP contribution in [0, 0.1) is 0 Å². The Morgan fingerprint density at radius 2 is 1.54 bits per heavy atom. The van der Waals surface area contributed by atoms with Crippen LogP contribution in [-0.4, -0.2) is 72.5 Å². The van der Waals surface area contributed by atoms with Gasteiger partial charge in [0.2, 0.25) is 0 Å². The second kappa shape index (κ2) is 6.57. The van der Waals surface area contributed by atoms with E-state index in [4.69, 9.17) is 4.74 Å². The lowest BCUT2D eigenvalue weighted by Crippen LogP contribution is -2.62. The Balaban J connectivity index is 1.86. The number of rotatable bonds is 1. The van der Waals surface area contributed by atoms with E-state index in [1.807, 2.05) is 6.07 Å². The Labute approximate surface area is 153 Å². The van der Waals surface area contributed by atoms with Crippen LogP contribution < -0.4 is 0 Å². The maximum absolute atomic E-state index is 12.9. The first-order chi connectivity index (χ1) is 12.1. The predicted molar refractivity (Wildman–Crippen MR) is 96.6 cm³/mol. The predicted octanol–water partition coefficient (Wildman–Crippen LogP) is 1.55. The van der Waals surface area contributed by atoms with Gasteiger partial charge in [-0.1, -0.05) is 18.2 Å². The fourth-order valence-electron chi connectivity index (χ4n) is 3.50. The SMILES string of the molecule is CC(C)(C)OC(=O)N1CCN(C(=O)c2ccccc2)[C@@H]2CS(=O)(=O)C[C@@H]21. The topological polar surface area (TPSA) is 84.0 Å². The van der Waals surface area contributed by atoms with Gasteiger partial charge in [0, 0.05) is 18.7 Å². The highest BCUT2D eigenvalue weighted by Gasteiger charge is 2.50. The van der Waals surface area contributed by atoms with Crippen molar-refractivity contribution in [2.24, 2.45) is 0 Å². The van der Waals surface area contributed by atoms with Gasteiger partial charge in [0.25, 0.3) is 5.91 Å². The molecule has 0 N–H and O–H groups in total. The summed E-state index contributed by atoms with van der Waals surface area (Å²) in [5.41, 5.74) is -0.151. The Morgan fingerprint density at radius 3 is 2.12 bits per heavy atom. The first-order valence-corrected chi connectivity index (χ1v) is 10.5. The number of nitrogens with zero attached hydrogens (tertiary/aromatic N) is 2. The summed E-state index contributed by atoms with van der Waals surface area (Å²) in [7, 11) is -3.33. The van der Waals surface area contributed by atoms with Crippen molar-refractivity contribution in [1.29, 1.82) is 0 Å². The molecule has 0 radical (unpaired) electrons. The standard InChI is InChI=1S/C18H24N2O5S/c1-18(2,3)25-17(22)20-10-9-19(14-11-26(23,24)12-15(14)20)16(21)13-7-5-4-6-8-13/h4-8,14-15H,9-12H2,1-3H3/t14-,15+/m1/s1. The van der Waals surface area contributed by atoms with Gasteiger partial charge >= 0.3 is 6.09 Å². The largest absolute Gasteiger partial charge is 0.444 e. The average Bonchev–Trinajstić information content (AvgIpc) is 2.87. The third-order valence-electron chi connectivity index (χ3n) is 4.59. The number of hydrogen-bond donors (Lipinski definition) is 0. The molecule has 0 spiro atoms. The van der Waals surface area contributed by atoms with E-state index in [2.05, 4.69) is 0 Å². The molecule has 0 bridgehead atoms. The van der Waals surface area contributed by atoms with Gasteiger partial charge in [-0.2, -0.15) is 0 Å². The minimum absolute atomic E-state index is 0.129. The molecular weight excluding hydrogens is 356 g/mol. The number of fused-ring (bicyclic) bond motifs is 1. The minimum Gasteiger partial charge on any atom is -0.444 e. The summed E-state index contributed by atoms with van der Waals surface area (Å²) in [5.74, 6) is -0.480. The zero-order valence-corrected chi connectivity index (χ0v) is 16.0. The molecule has 2 saturated heterocycles. The number of hydrogen-bond acceptors (Lipinski definition) is 5. The van der Waals surface area contributed by atoms with Crippen molar-refractivity contribution in [1.82, 2.24) is 9.80 Å². The third kappa shape index (κ3) is 3.85. The Morgan fingerprint density at radius 1 is 1.00 bits per heavy atom. The highest BCUT2D eigenvalue weighted by molar-refractivity contribution is 7.91. The molecule has 7 nitrogen and oxygen atoms in total. The Kier molecular flexibility index (Phi) is 4.72. The maximum Gasteiger partial charge on any atom is 0.410 e. The van der Waals surface area contributed by atoms with Crippen molar-refractivity contribution in [3.63, 3.8) is 0 Å². The monoisotopic (exact) mass is 380 g/mol. The van der Waals surface area contributed by atoms with Gasteiger partial charge in [-0.15, -0.1) is 0 Å². The van der Waals surface area contributed by atoms with Crippen molar-refractivity contribution >= 4 is 21.8 Å². The van der Waals surface area contributed by atoms with Crippen molar-refractivity contribution in [2.45, 2.75) is 38.5 Å². The number of amides is 2. The van der Waals surface area contributed by atoms with Crippen molar-refractivity contribution in [3.05, 3.63) is 35.9 Å². The summed E-state index contributed by atoms with van der Waals surface area (Å²) in [4.78, 5) is 28.4. The van der Waals surface area contributed by atoms with E-state index in [0.29, 0.717) is 5.56 Å². The number of carbonyl (C=O) groups is 2. The van der Waals surface area contributed by atoms with Gasteiger partial charge in [0.15, 0.2) is 9.84 Å². The quantitative estimate of drug-likeness (QED) is 0.738. The lowest BCUT2D eigenvalue weighted by atomic mass is 10.0. The normalized spacial score (nSPS) is 24.9. The molecule has 2 aliphatic rings. The summed E-state index contributed by atoms with van der Waals surface area (Å²) in [6, 6.07) is 7.66. The van der Waals surface area contributed by atoms with Crippen LogP contribution >= 0.6 is 0 Å². The maximum atomic E-state index is 12.9. The molecule has 1 aromatic rings. The summed E-state index contributed by atoms with van der Waals surface area (Å²) < 4.78 is 29.9. The number of piperazine rings is 1. The van der Waals surface area contributed by atoms with E-state index < -0.39 is 33.6 Å². The first-order valence-electron chi connectivity index (χ1n) is 8.63. The van der Waals surface area contributed by atoms with Gasteiger partial charge in [0.1, 0.15) is 5.60 Å². The molecule has 0 saturated carbocycles. The van der Waals surface area contributed by atoms with Crippen LogP contribution in [-0.2, 0) is 14.6 Å². The van der Waals surface area contributed by atoms with E-state index in [0.717, 1.165) is 0 Å². The van der Waals surface area contributed by atoms with Crippen LogP contribution in [0.1, 0.15) is 31.1 Å². The molecule has 3 rings (SSSR count). The van der Waals surface area contributed by atoms with Crippen LogP contribution in [0.5, 0.6) is 0 Å². The second-order valence-corrected chi connectivity index (χ2v) is 9.90. The average molecular weight is 380 g/mol. The molecule has 0 unspecified atom stereocenters. The lowest BCUT2D eigenvalue weighted by Gasteiger charge is -2.43. The molecule has 8 heteroatoms. The van der Waals surface area contributed by atoms with Gasteiger partial charge < -0.3 is 14.5 Å². The molecular formula is C18H24N2O5S. The number of benzene rings is 1. The van der Waals surface area contributed by atoms with E-state index >= 15 is 0 Å². The van der Waals surface area contributed by atoms with E-state index in [1.54, 1.807) is 49.9 Å². The first kappa shape index (κ1) is 18.7. The molecule has 2 heterocycles. The Bertz CT molecular complexity index is 801. The summed E-state index contributed by atoms with van der Waals surface area (Å²) in [6.07, 6.45) is -0.531. The molecule has 2 atom stereocenters. The van der Waals surface area contributed by atoms with E-state index in [9.17, 15) is 18.0 Å². The molecule has 0 aliphatic carbocycles. The van der Waals surface area contributed by atoms with E-state index in [1.165, 1.54) is 4.90 Å². The van der Waals surface area contributed by atoms with Crippen molar-refractivity contribution in [2.75, 3.05) is 24.6 Å². The molecule has 2 fully saturated rings. The number of carbonyl (C=O) groups excluding carboxylic acids is 2. The smallest absolute Gasteiger partial charge is 0.410 e. The molecule has 26 heavy (non-hydrogen) atoms. The van der Waals surface area contributed by atoms with Crippen molar-refractivity contribution < 1.29 is 22.7 Å². The molecule has 0 aromatic heterocycles. The van der Waals surface area contributed by atoms with Gasteiger partial charge in [-0.25, -0.2) is 13.2 Å². The molecule has 2 aliphatic heterocycles. The minimum atomic E-state index is -3.33. The summed E-state index contributed by atoms with van der Waals surface area (Å²) in [6.45, 7) is 5.84. The summed E-state index contributed by atoms with van der Waals surface area (Å²) in [5, 5.41) is 0. The second-order valence-electron chi connectivity index (χ2n) is 7.75. The Hall–Kier alpha value is -2.09. The van der Waals surface area contributed by atoms with Crippen LogP contribution in [0.25, 0.3) is 0 Å².